The van der Waals surface area contributed by atoms with Crippen molar-refractivity contribution >= 4 is 41.3 Å². The summed E-state index contributed by atoms with van der Waals surface area (Å²) in [4.78, 5) is 8.91. The highest BCUT2D eigenvalue weighted by molar-refractivity contribution is 14.0. The van der Waals surface area contributed by atoms with Crippen molar-refractivity contribution < 1.29 is 0 Å². The van der Waals surface area contributed by atoms with Crippen molar-refractivity contribution in [3.8, 4) is 11.3 Å². The van der Waals surface area contributed by atoms with Gasteiger partial charge in [-0.25, -0.2) is 4.98 Å². The van der Waals surface area contributed by atoms with Crippen molar-refractivity contribution in [3.05, 3.63) is 40.7 Å². The predicted octanol–water partition coefficient (Wildman–Crippen LogP) is 3.50. The molecule has 0 aliphatic heterocycles. The van der Waals surface area contributed by atoms with Crippen LogP contribution < -0.4 is 10.6 Å². The molecule has 1 heterocycles. The Morgan fingerprint density at radius 2 is 2.05 bits per heavy atom. The van der Waals surface area contributed by atoms with Gasteiger partial charge in [-0.15, -0.1) is 35.3 Å². The third-order valence-corrected chi connectivity index (χ3v) is 4.36. The molecular formula is C16H21IN4S. The average molecular weight is 428 g/mol. The Morgan fingerprint density at radius 1 is 1.27 bits per heavy atom. The largest absolute Gasteiger partial charge is 0.356 e. The SMILES string of the molecule is CN=C(NCc1nc(-c2ccccc2)cs1)NCC1CC1.I. The van der Waals surface area contributed by atoms with E-state index in [2.05, 4.69) is 38.1 Å². The Bertz CT molecular complexity index is 608. The highest BCUT2D eigenvalue weighted by Crippen LogP contribution is 2.27. The molecule has 0 radical (unpaired) electrons. The molecular weight excluding hydrogens is 407 g/mol. The Hall–Kier alpha value is -1.15. The van der Waals surface area contributed by atoms with Crippen molar-refractivity contribution in [2.75, 3.05) is 13.6 Å². The highest BCUT2D eigenvalue weighted by Gasteiger charge is 2.21. The van der Waals surface area contributed by atoms with Gasteiger partial charge < -0.3 is 10.6 Å². The third kappa shape index (κ3) is 4.95. The molecule has 6 heteroatoms. The zero-order chi connectivity index (χ0) is 14.5. The van der Waals surface area contributed by atoms with E-state index in [1.165, 1.54) is 12.8 Å². The molecule has 0 unspecified atom stereocenters. The van der Waals surface area contributed by atoms with Gasteiger partial charge in [0, 0.05) is 24.5 Å². The van der Waals surface area contributed by atoms with Crippen LogP contribution in [0.2, 0.25) is 0 Å². The van der Waals surface area contributed by atoms with Gasteiger partial charge in [-0.05, 0) is 18.8 Å². The molecule has 1 aromatic carbocycles. The molecule has 1 aliphatic rings. The summed E-state index contributed by atoms with van der Waals surface area (Å²) in [6.07, 6.45) is 2.69. The number of hydrogen-bond donors (Lipinski definition) is 2. The molecule has 1 fully saturated rings. The lowest BCUT2D eigenvalue weighted by Crippen LogP contribution is -2.37. The van der Waals surface area contributed by atoms with Gasteiger partial charge in [-0.3, -0.25) is 4.99 Å². The number of halogens is 1. The monoisotopic (exact) mass is 428 g/mol. The fourth-order valence-electron chi connectivity index (χ4n) is 2.08. The molecule has 0 spiro atoms. The van der Waals surface area contributed by atoms with E-state index in [1.54, 1.807) is 18.4 Å². The number of nitrogens with zero attached hydrogens (tertiary/aromatic N) is 2. The molecule has 0 saturated heterocycles. The fourth-order valence-corrected chi connectivity index (χ4v) is 2.82. The molecule has 3 rings (SSSR count). The zero-order valence-electron chi connectivity index (χ0n) is 12.6. The van der Waals surface area contributed by atoms with Crippen LogP contribution in [0, 0.1) is 5.92 Å². The summed E-state index contributed by atoms with van der Waals surface area (Å²) in [5.41, 5.74) is 2.20. The van der Waals surface area contributed by atoms with E-state index in [-0.39, 0.29) is 24.0 Å². The summed E-state index contributed by atoms with van der Waals surface area (Å²) < 4.78 is 0. The molecule has 1 aromatic heterocycles. The first-order valence-electron chi connectivity index (χ1n) is 7.29. The molecule has 2 aromatic rings. The lowest BCUT2D eigenvalue weighted by Gasteiger charge is -2.09. The van der Waals surface area contributed by atoms with E-state index < -0.39 is 0 Å². The van der Waals surface area contributed by atoms with Gasteiger partial charge >= 0.3 is 0 Å². The standard InChI is InChI=1S/C16H20N4S.HI/c1-17-16(18-9-12-7-8-12)19-10-15-20-14(11-21-15)13-5-3-2-4-6-13;/h2-6,11-12H,7-10H2,1H3,(H2,17,18,19);1H. The second-order valence-electron chi connectivity index (χ2n) is 5.24. The number of guanidine groups is 1. The molecule has 22 heavy (non-hydrogen) atoms. The molecule has 1 aliphatic carbocycles. The molecule has 4 nitrogen and oxygen atoms in total. The number of aliphatic imine (C=N–C) groups is 1. The van der Waals surface area contributed by atoms with Gasteiger partial charge in [-0.1, -0.05) is 30.3 Å². The van der Waals surface area contributed by atoms with Gasteiger partial charge in [0.05, 0.1) is 12.2 Å². The van der Waals surface area contributed by atoms with Crippen LogP contribution in [0.4, 0.5) is 0 Å². The van der Waals surface area contributed by atoms with E-state index >= 15 is 0 Å². The molecule has 1 saturated carbocycles. The van der Waals surface area contributed by atoms with Crippen LogP contribution in [0.15, 0.2) is 40.7 Å². The third-order valence-electron chi connectivity index (χ3n) is 3.51. The van der Waals surface area contributed by atoms with Crippen LogP contribution >= 0.6 is 35.3 Å². The van der Waals surface area contributed by atoms with Crippen molar-refractivity contribution in [1.82, 2.24) is 15.6 Å². The van der Waals surface area contributed by atoms with Crippen LogP contribution in [-0.4, -0.2) is 24.5 Å². The Morgan fingerprint density at radius 3 is 2.73 bits per heavy atom. The van der Waals surface area contributed by atoms with Gasteiger partial charge in [0.1, 0.15) is 5.01 Å². The highest BCUT2D eigenvalue weighted by atomic mass is 127. The number of aromatic nitrogens is 1. The van der Waals surface area contributed by atoms with E-state index in [9.17, 15) is 0 Å². The first-order valence-corrected chi connectivity index (χ1v) is 8.17. The van der Waals surface area contributed by atoms with E-state index in [0.29, 0.717) is 6.54 Å². The summed E-state index contributed by atoms with van der Waals surface area (Å²) >= 11 is 1.68. The summed E-state index contributed by atoms with van der Waals surface area (Å²) in [6, 6.07) is 10.3. The average Bonchev–Trinajstić information content (AvgIpc) is 3.24. The van der Waals surface area contributed by atoms with Crippen molar-refractivity contribution in [2.24, 2.45) is 10.9 Å². The second kappa shape index (κ2) is 8.47. The number of thiazole rings is 1. The normalized spacial score (nSPS) is 14.3. The molecule has 2 N–H and O–H groups in total. The zero-order valence-corrected chi connectivity index (χ0v) is 15.7. The summed E-state index contributed by atoms with van der Waals surface area (Å²) in [5, 5.41) is 9.85. The smallest absolute Gasteiger partial charge is 0.191 e. The second-order valence-corrected chi connectivity index (χ2v) is 6.19. The topological polar surface area (TPSA) is 49.3 Å². The maximum Gasteiger partial charge on any atom is 0.191 e. The van der Waals surface area contributed by atoms with Gasteiger partial charge in [0.25, 0.3) is 0 Å². The van der Waals surface area contributed by atoms with Gasteiger partial charge in [0.15, 0.2) is 5.96 Å². The van der Waals surface area contributed by atoms with Crippen molar-refractivity contribution in [2.45, 2.75) is 19.4 Å². The molecule has 0 bridgehead atoms. The predicted molar refractivity (Wildman–Crippen MR) is 104 cm³/mol. The summed E-state index contributed by atoms with van der Waals surface area (Å²) in [6.45, 7) is 1.73. The van der Waals surface area contributed by atoms with Crippen LogP contribution in [0.3, 0.4) is 0 Å². The fraction of sp³-hybridized carbons (Fsp3) is 0.375. The number of benzene rings is 1. The van der Waals surface area contributed by atoms with Gasteiger partial charge in [-0.2, -0.15) is 0 Å². The summed E-state index contributed by atoms with van der Waals surface area (Å²) in [5.74, 6) is 1.70. The minimum absolute atomic E-state index is 0. The minimum Gasteiger partial charge on any atom is -0.356 e. The minimum atomic E-state index is 0. The van der Waals surface area contributed by atoms with Gasteiger partial charge in [0.2, 0.25) is 0 Å². The quantitative estimate of drug-likeness (QED) is 0.436. The molecule has 118 valence electrons. The maximum absolute atomic E-state index is 4.67. The van der Waals surface area contributed by atoms with Crippen LogP contribution in [0.25, 0.3) is 11.3 Å². The lowest BCUT2D eigenvalue weighted by molar-refractivity contribution is 0.736. The van der Waals surface area contributed by atoms with E-state index in [1.807, 2.05) is 18.2 Å². The Labute approximate surface area is 152 Å². The van der Waals surface area contributed by atoms with Crippen LogP contribution in [0.1, 0.15) is 17.8 Å². The molecule has 0 atom stereocenters. The number of hydrogen-bond acceptors (Lipinski definition) is 3. The molecule has 0 amide bonds. The number of rotatable bonds is 5. The summed E-state index contributed by atoms with van der Waals surface area (Å²) in [7, 11) is 1.81. The Balaban J connectivity index is 0.00000176. The lowest BCUT2D eigenvalue weighted by atomic mass is 10.2. The van der Waals surface area contributed by atoms with Crippen molar-refractivity contribution in [3.63, 3.8) is 0 Å². The first-order chi connectivity index (χ1) is 10.3. The van der Waals surface area contributed by atoms with E-state index in [4.69, 9.17) is 0 Å². The first kappa shape index (κ1) is 17.2. The van der Waals surface area contributed by atoms with Crippen LogP contribution in [0.5, 0.6) is 0 Å². The maximum atomic E-state index is 4.67. The van der Waals surface area contributed by atoms with E-state index in [0.717, 1.165) is 34.7 Å². The number of nitrogens with one attached hydrogen (secondary N) is 2. The Kier molecular flexibility index (Phi) is 6.63. The van der Waals surface area contributed by atoms with Crippen molar-refractivity contribution in [1.29, 1.82) is 0 Å². The van der Waals surface area contributed by atoms with Crippen LogP contribution in [-0.2, 0) is 6.54 Å².